The first-order valence-corrected chi connectivity index (χ1v) is 13.0. The summed E-state index contributed by atoms with van der Waals surface area (Å²) >= 11 is 0. The number of nitrogens with zero attached hydrogens (tertiary/aromatic N) is 1. The lowest BCUT2D eigenvalue weighted by Gasteiger charge is -2.20. The first-order valence-electron chi connectivity index (χ1n) is 13.0. The Labute approximate surface area is 233 Å². The van der Waals surface area contributed by atoms with E-state index < -0.39 is 0 Å². The molecule has 0 radical (unpaired) electrons. The number of carbonyl (C=O) groups excluding carboxylic acids is 1. The molecule has 4 aromatic rings. The predicted octanol–water partition coefficient (Wildman–Crippen LogP) is 4.50. The summed E-state index contributed by atoms with van der Waals surface area (Å²) in [5.74, 6) is 1.64. The zero-order valence-corrected chi connectivity index (χ0v) is 23.2. The van der Waals surface area contributed by atoms with Gasteiger partial charge in [-0.2, -0.15) is 0 Å². The Hall–Kier alpha value is -4.50. The van der Waals surface area contributed by atoms with Gasteiger partial charge in [-0.1, -0.05) is 37.3 Å². The Morgan fingerprint density at radius 1 is 0.925 bits per heavy atom. The molecule has 1 heterocycles. The van der Waals surface area contributed by atoms with E-state index in [0.29, 0.717) is 40.7 Å². The van der Waals surface area contributed by atoms with Gasteiger partial charge in [0, 0.05) is 37.3 Å². The molecule has 0 aliphatic carbocycles. The van der Waals surface area contributed by atoms with Crippen LogP contribution in [0.5, 0.6) is 23.0 Å². The zero-order valence-electron chi connectivity index (χ0n) is 23.2. The number of carbonyl (C=O) groups is 1. The van der Waals surface area contributed by atoms with Crippen molar-refractivity contribution < 1.29 is 28.2 Å². The van der Waals surface area contributed by atoms with E-state index in [4.69, 9.17) is 23.4 Å². The van der Waals surface area contributed by atoms with Gasteiger partial charge in [0.2, 0.25) is 5.75 Å². The van der Waals surface area contributed by atoms with Gasteiger partial charge in [0.05, 0.1) is 21.3 Å². The lowest BCUT2D eigenvalue weighted by molar-refractivity contribution is -0.123. The molecule has 40 heavy (non-hydrogen) atoms. The van der Waals surface area contributed by atoms with Gasteiger partial charge in [0.15, 0.2) is 23.5 Å². The van der Waals surface area contributed by atoms with Crippen LogP contribution in [0.4, 0.5) is 0 Å². The Bertz CT molecular complexity index is 1480. The van der Waals surface area contributed by atoms with E-state index in [-0.39, 0.29) is 29.1 Å². The molecule has 0 fully saturated rings. The molecule has 1 N–H and O–H groups in total. The first kappa shape index (κ1) is 28.5. The van der Waals surface area contributed by atoms with Gasteiger partial charge >= 0.3 is 0 Å². The maximum Gasteiger partial charge on any atom is 0.257 e. The fourth-order valence-corrected chi connectivity index (χ4v) is 4.39. The number of hydrogen-bond acceptors (Lipinski definition) is 8. The molecule has 0 aliphatic heterocycles. The quantitative estimate of drug-likeness (QED) is 0.262. The van der Waals surface area contributed by atoms with Crippen molar-refractivity contribution in [3.05, 3.63) is 82.5 Å². The van der Waals surface area contributed by atoms with Crippen LogP contribution in [0.15, 0.2) is 75.9 Å². The molecule has 0 unspecified atom stereocenters. The SMILES string of the molecule is CCN(CCNC(=O)COc1ccc(-c2cc(=O)c3c(OC)c(OC)c(OC)cc3o2)cc1)Cc1ccccc1. The minimum atomic E-state index is -0.281. The van der Waals surface area contributed by atoms with Crippen LogP contribution in [0, 0.1) is 0 Å². The third kappa shape index (κ3) is 6.73. The third-order valence-corrected chi connectivity index (χ3v) is 6.48. The highest BCUT2D eigenvalue weighted by Gasteiger charge is 2.20. The fraction of sp³-hybridized carbons (Fsp3) is 0.290. The Kier molecular flexibility index (Phi) is 9.64. The summed E-state index contributed by atoms with van der Waals surface area (Å²) in [4.78, 5) is 27.6. The second kappa shape index (κ2) is 13.5. The molecule has 0 spiro atoms. The number of ether oxygens (including phenoxy) is 4. The zero-order chi connectivity index (χ0) is 28.5. The molecular formula is C31H34N2O7. The van der Waals surface area contributed by atoms with E-state index in [1.165, 1.54) is 33.0 Å². The number of methoxy groups -OCH3 is 3. The summed E-state index contributed by atoms with van der Waals surface area (Å²) in [6, 6.07) is 20.2. The lowest BCUT2D eigenvalue weighted by atomic mass is 10.1. The fourth-order valence-electron chi connectivity index (χ4n) is 4.39. The lowest BCUT2D eigenvalue weighted by Crippen LogP contribution is -2.36. The smallest absolute Gasteiger partial charge is 0.257 e. The van der Waals surface area contributed by atoms with Gasteiger partial charge in [-0.15, -0.1) is 0 Å². The largest absolute Gasteiger partial charge is 0.493 e. The molecule has 0 saturated heterocycles. The average Bonchev–Trinajstić information content (AvgIpc) is 2.99. The van der Waals surface area contributed by atoms with Gasteiger partial charge in [-0.25, -0.2) is 0 Å². The van der Waals surface area contributed by atoms with Crippen LogP contribution in [-0.2, 0) is 11.3 Å². The van der Waals surface area contributed by atoms with Crippen LogP contribution >= 0.6 is 0 Å². The molecule has 1 aromatic heterocycles. The van der Waals surface area contributed by atoms with E-state index in [2.05, 4.69) is 29.3 Å². The molecule has 0 bridgehead atoms. The second-order valence-corrected chi connectivity index (χ2v) is 9.01. The topological polar surface area (TPSA) is 99.5 Å². The minimum Gasteiger partial charge on any atom is -0.493 e. The highest BCUT2D eigenvalue weighted by atomic mass is 16.5. The summed E-state index contributed by atoms with van der Waals surface area (Å²) in [5.41, 5.74) is 1.93. The molecule has 9 heteroatoms. The predicted molar refractivity (Wildman–Crippen MR) is 153 cm³/mol. The van der Waals surface area contributed by atoms with Crippen molar-refractivity contribution in [3.63, 3.8) is 0 Å². The van der Waals surface area contributed by atoms with E-state index >= 15 is 0 Å². The number of hydrogen-bond donors (Lipinski definition) is 1. The van der Waals surface area contributed by atoms with Gasteiger partial charge < -0.3 is 28.7 Å². The van der Waals surface area contributed by atoms with Crippen molar-refractivity contribution in [1.29, 1.82) is 0 Å². The van der Waals surface area contributed by atoms with Gasteiger partial charge in [-0.3, -0.25) is 14.5 Å². The second-order valence-electron chi connectivity index (χ2n) is 9.01. The first-order chi connectivity index (χ1) is 19.5. The van der Waals surface area contributed by atoms with Crippen molar-refractivity contribution >= 4 is 16.9 Å². The van der Waals surface area contributed by atoms with Gasteiger partial charge in [-0.05, 0) is 36.4 Å². The Balaban J connectivity index is 1.36. The molecule has 210 valence electrons. The maximum atomic E-state index is 13.0. The monoisotopic (exact) mass is 546 g/mol. The molecule has 9 nitrogen and oxygen atoms in total. The van der Waals surface area contributed by atoms with Crippen molar-refractivity contribution in [2.75, 3.05) is 47.6 Å². The number of nitrogens with one attached hydrogen (secondary N) is 1. The third-order valence-electron chi connectivity index (χ3n) is 6.48. The van der Waals surface area contributed by atoms with Crippen LogP contribution in [0.1, 0.15) is 12.5 Å². The number of likely N-dealkylation sites (N-methyl/N-ethyl adjacent to an activating group) is 1. The standard InChI is InChI=1S/C31H34N2O7/c1-5-33(19-21-9-7-6-8-10-21)16-15-32-28(35)20-39-23-13-11-22(12-14-23)25-17-24(34)29-26(40-25)18-27(36-2)30(37-3)31(29)38-4/h6-14,17-18H,5,15-16,19-20H2,1-4H3,(H,32,35). The van der Waals surface area contributed by atoms with Crippen LogP contribution < -0.4 is 29.7 Å². The Morgan fingerprint density at radius 3 is 2.30 bits per heavy atom. The number of rotatable bonds is 13. The highest BCUT2D eigenvalue weighted by Crippen LogP contribution is 2.42. The summed E-state index contributed by atoms with van der Waals surface area (Å²) < 4.78 is 27.9. The van der Waals surface area contributed by atoms with Crippen LogP contribution in [-0.4, -0.2) is 58.4 Å². The van der Waals surface area contributed by atoms with Crippen LogP contribution in [0.25, 0.3) is 22.3 Å². The number of fused-ring (bicyclic) bond motifs is 1. The summed E-state index contributed by atoms with van der Waals surface area (Å²) in [7, 11) is 4.42. The molecule has 4 rings (SSSR count). The summed E-state index contributed by atoms with van der Waals surface area (Å²) in [5, 5.41) is 3.17. The van der Waals surface area contributed by atoms with E-state index in [1.54, 1.807) is 30.3 Å². The summed E-state index contributed by atoms with van der Waals surface area (Å²) in [6.45, 7) is 5.00. The molecule has 1 amide bonds. The van der Waals surface area contributed by atoms with Crippen molar-refractivity contribution in [3.8, 4) is 34.3 Å². The maximum absolute atomic E-state index is 13.0. The molecular weight excluding hydrogens is 512 g/mol. The van der Waals surface area contributed by atoms with E-state index in [0.717, 1.165) is 19.6 Å². The van der Waals surface area contributed by atoms with E-state index in [1.807, 2.05) is 18.2 Å². The number of amides is 1. The highest BCUT2D eigenvalue weighted by molar-refractivity contribution is 5.90. The minimum absolute atomic E-state index is 0.101. The van der Waals surface area contributed by atoms with Crippen molar-refractivity contribution in [2.45, 2.75) is 13.5 Å². The number of benzene rings is 3. The van der Waals surface area contributed by atoms with Crippen LogP contribution in [0.2, 0.25) is 0 Å². The molecule has 0 saturated carbocycles. The van der Waals surface area contributed by atoms with Gasteiger partial charge in [0.1, 0.15) is 22.5 Å². The van der Waals surface area contributed by atoms with Crippen LogP contribution in [0.3, 0.4) is 0 Å². The van der Waals surface area contributed by atoms with E-state index in [9.17, 15) is 9.59 Å². The molecule has 3 aromatic carbocycles. The average molecular weight is 547 g/mol. The van der Waals surface area contributed by atoms with Gasteiger partial charge in [0.25, 0.3) is 5.91 Å². The normalized spacial score (nSPS) is 10.9. The van der Waals surface area contributed by atoms with Crippen molar-refractivity contribution in [1.82, 2.24) is 10.2 Å². The van der Waals surface area contributed by atoms with Crippen molar-refractivity contribution in [2.24, 2.45) is 0 Å². The summed E-state index contributed by atoms with van der Waals surface area (Å²) in [6.07, 6.45) is 0. The molecule has 0 atom stereocenters. The Morgan fingerprint density at radius 2 is 1.65 bits per heavy atom. The molecule has 0 aliphatic rings.